The third-order valence-corrected chi connectivity index (χ3v) is 3.22. The van der Waals surface area contributed by atoms with Gasteiger partial charge in [0.15, 0.2) is 18.5 Å². The highest BCUT2D eigenvalue weighted by molar-refractivity contribution is 6.67. The van der Waals surface area contributed by atoms with Crippen LogP contribution in [0.4, 0.5) is 0 Å². The van der Waals surface area contributed by atoms with Crippen molar-refractivity contribution in [3.05, 3.63) is 12.2 Å². The SMILES string of the molecule is O=C1C=C[C@H]2O[C@@H]3O[C@@H](C(Cl)(Cl)Cl)O[C@@H]3[C@H]2O1. The van der Waals surface area contributed by atoms with Gasteiger partial charge in [-0.25, -0.2) is 4.79 Å². The van der Waals surface area contributed by atoms with Crippen molar-refractivity contribution in [1.82, 2.24) is 0 Å². The van der Waals surface area contributed by atoms with Gasteiger partial charge in [-0.05, 0) is 6.08 Å². The van der Waals surface area contributed by atoms with Crippen LogP contribution in [-0.2, 0) is 23.7 Å². The second-order valence-corrected chi connectivity index (χ2v) is 6.21. The number of rotatable bonds is 0. The molecule has 8 heteroatoms. The molecule has 0 N–H and O–H groups in total. The molecule has 0 saturated carbocycles. The quantitative estimate of drug-likeness (QED) is 0.499. The molecule has 3 rings (SSSR count). The van der Waals surface area contributed by atoms with E-state index in [0.29, 0.717) is 0 Å². The topological polar surface area (TPSA) is 54.0 Å². The lowest BCUT2D eigenvalue weighted by atomic mass is 10.1. The van der Waals surface area contributed by atoms with Crippen LogP contribution in [0.1, 0.15) is 0 Å². The summed E-state index contributed by atoms with van der Waals surface area (Å²) in [6, 6.07) is 0. The molecule has 94 valence electrons. The predicted molar refractivity (Wildman–Crippen MR) is 57.7 cm³/mol. The second-order valence-electron chi connectivity index (χ2n) is 3.84. The van der Waals surface area contributed by atoms with Crippen molar-refractivity contribution in [3.63, 3.8) is 0 Å². The number of carbonyl (C=O) groups is 1. The molecule has 0 aliphatic carbocycles. The van der Waals surface area contributed by atoms with Gasteiger partial charge >= 0.3 is 5.97 Å². The Morgan fingerprint density at radius 2 is 1.88 bits per heavy atom. The summed E-state index contributed by atoms with van der Waals surface area (Å²) in [6.07, 6.45) is -0.335. The lowest BCUT2D eigenvalue weighted by Crippen LogP contribution is -2.39. The van der Waals surface area contributed by atoms with Gasteiger partial charge in [0.2, 0.25) is 10.1 Å². The Balaban J connectivity index is 1.77. The molecule has 5 nitrogen and oxygen atoms in total. The molecule has 3 aliphatic rings. The number of fused-ring (bicyclic) bond motifs is 3. The van der Waals surface area contributed by atoms with Gasteiger partial charge in [0.05, 0.1) is 0 Å². The lowest BCUT2D eigenvalue weighted by molar-refractivity contribution is -0.172. The minimum absolute atomic E-state index is 0.376. The molecular weight excluding hydrogens is 294 g/mol. The van der Waals surface area contributed by atoms with Crippen LogP contribution in [0.25, 0.3) is 0 Å². The van der Waals surface area contributed by atoms with Gasteiger partial charge in [-0.15, -0.1) is 0 Å². The second kappa shape index (κ2) is 3.98. The molecule has 0 radical (unpaired) electrons. The molecule has 17 heavy (non-hydrogen) atoms. The number of esters is 1. The maximum atomic E-state index is 11.1. The Morgan fingerprint density at radius 1 is 1.12 bits per heavy atom. The third kappa shape index (κ3) is 2.05. The van der Waals surface area contributed by atoms with E-state index in [9.17, 15) is 4.79 Å². The molecule has 3 aliphatic heterocycles. The minimum Gasteiger partial charge on any atom is -0.453 e. The fourth-order valence-electron chi connectivity index (χ4n) is 1.99. The summed E-state index contributed by atoms with van der Waals surface area (Å²) in [4.78, 5) is 11.1. The molecule has 0 unspecified atom stereocenters. The van der Waals surface area contributed by atoms with E-state index in [1.54, 1.807) is 6.08 Å². The average molecular weight is 302 g/mol. The van der Waals surface area contributed by atoms with Crippen LogP contribution in [-0.4, -0.2) is 40.7 Å². The molecular formula is C9H7Cl3O5. The molecule has 3 heterocycles. The molecule has 0 amide bonds. The first-order chi connectivity index (χ1) is 7.95. The van der Waals surface area contributed by atoms with Crippen LogP contribution in [0, 0.1) is 0 Å². The Bertz CT molecular complexity index is 379. The van der Waals surface area contributed by atoms with Crippen LogP contribution in [0.5, 0.6) is 0 Å². The van der Waals surface area contributed by atoms with Gasteiger partial charge in [0.1, 0.15) is 6.10 Å². The van der Waals surface area contributed by atoms with Crippen LogP contribution in [0.2, 0.25) is 0 Å². The molecule has 0 bridgehead atoms. The summed E-state index contributed by atoms with van der Waals surface area (Å²) >= 11 is 17.0. The number of ether oxygens (including phenoxy) is 4. The van der Waals surface area contributed by atoms with Crippen LogP contribution < -0.4 is 0 Å². The van der Waals surface area contributed by atoms with E-state index in [1.807, 2.05) is 0 Å². The fraction of sp³-hybridized carbons (Fsp3) is 0.667. The summed E-state index contributed by atoms with van der Waals surface area (Å²) < 4.78 is 19.6. The first-order valence-corrected chi connectivity index (χ1v) is 6.00. The molecule has 0 aromatic heterocycles. The summed E-state index contributed by atoms with van der Waals surface area (Å²) in [5, 5.41) is 0. The molecule has 5 atom stereocenters. The zero-order valence-electron chi connectivity index (χ0n) is 8.22. The number of carbonyl (C=O) groups excluding carboxylic acids is 1. The Labute approximate surface area is 111 Å². The molecule has 0 spiro atoms. The Kier molecular flexibility index (Phi) is 2.81. The zero-order valence-corrected chi connectivity index (χ0v) is 10.5. The highest BCUT2D eigenvalue weighted by atomic mass is 35.6. The van der Waals surface area contributed by atoms with Crippen molar-refractivity contribution in [2.45, 2.75) is 34.7 Å². The average Bonchev–Trinajstić information content (AvgIpc) is 2.74. The van der Waals surface area contributed by atoms with Gasteiger partial charge in [0.25, 0.3) is 0 Å². The normalized spacial score (nSPS) is 44.4. The Hall–Kier alpha value is -0.0400. The van der Waals surface area contributed by atoms with Crippen LogP contribution in [0.3, 0.4) is 0 Å². The van der Waals surface area contributed by atoms with Gasteiger partial charge in [-0.3, -0.25) is 0 Å². The van der Waals surface area contributed by atoms with Crippen LogP contribution in [0.15, 0.2) is 12.2 Å². The van der Waals surface area contributed by atoms with E-state index in [4.69, 9.17) is 53.8 Å². The van der Waals surface area contributed by atoms with E-state index in [1.165, 1.54) is 6.08 Å². The summed E-state index contributed by atoms with van der Waals surface area (Å²) in [5.74, 6) is -0.448. The highest BCUT2D eigenvalue weighted by Gasteiger charge is 2.57. The summed E-state index contributed by atoms with van der Waals surface area (Å²) in [6.45, 7) is 0. The number of halogens is 3. The van der Waals surface area contributed by atoms with E-state index < -0.39 is 34.5 Å². The maximum Gasteiger partial charge on any atom is 0.330 e. The highest BCUT2D eigenvalue weighted by Crippen LogP contribution is 2.43. The molecule has 2 fully saturated rings. The first-order valence-electron chi connectivity index (χ1n) is 4.87. The predicted octanol–water partition coefficient (Wildman–Crippen LogP) is 1.30. The molecule has 0 aromatic carbocycles. The molecule has 0 aromatic rings. The fourth-order valence-corrected chi connectivity index (χ4v) is 2.30. The van der Waals surface area contributed by atoms with Crippen LogP contribution >= 0.6 is 34.8 Å². The van der Waals surface area contributed by atoms with E-state index in [2.05, 4.69) is 0 Å². The number of alkyl halides is 3. The van der Waals surface area contributed by atoms with Gasteiger partial charge in [-0.1, -0.05) is 34.8 Å². The summed E-state index contributed by atoms with van der Waals surface area (Å²) in [5.41, 5.74) is 0. The lowest BCUT2D eigenvalue weighted by Gasteiger charge is -2.25. The third-order valence-electron chi connectivity index (χ3n) is 2.69. The van der Waals surface area contributed by atoms with E-state index in [-0.39, 0.29) is 6.10 Å². The van der Waals surface area contributed by atoms with Gasteiger partial charge in [0, 0.05) is 6.08 Å². The largest absolute Gasteiger partial charge is 0.453 e. The maximum absolute atomic E-state index is 11.1. The number of hydrogen-bond donors (Lipinski definition) is 0. The van der Waals surface area contributed by atoms with Crippen molar-refractivity contribution < 1.29 is 23.7 Å². The van der Waals surface area contributed by atoms with Gasteiger partial charge in [-0.2, -0.15) is 0 Å². The monoisotopic (exact) mass is 300 g/mol. The smallest absolute Gasteiger partial charge is 0.330 e. The van der Waals surface area contributed by atoms with Gasteiger partial charge < -0.3 is 18.9 Å². The summed E-state index contributed by atoms with van der Waals surface area (Å²) in [7, 11) is 0. The van der Waals surface area contributed by atoms with Crippen molar-refractivity contribution in [3.8, 4) is 0 Å². The van der Waals surface area contributed by atoms with E-state index in [0.717, 1.165) is 0 Å². The standard InChI is InChI=1S/C9H7Cl3O5/c10-9(11,12)8-16-6-5-3(14-7(6)17-8)1-2-4(13)15-5/h1-3,5-8H/t3-,5+,6-,7-,8+/m1/s1. The number of hydrogen-bond acceptors (Lipinski definition) is 5. The van der Waals surface area contributed by atoms with Crippen molar-refractivity contribution in [2.24, 2.45) is 0 Å². The Morgan fingerprint density at radius 3 is 2.59 bits per heavy atom. The zero-order chi connectivity index (χ0) is 12.2. The van der Waals surface area contributed by atoms with Crippen molar-refractivity contribution >= 4 is 40.8 Å². The first kappa shape index (κ1) is 12.0. The minimum atomic E-state index is -1.71. The van der Waals surface area contributed by atoms with Crippen molar-refractivity contribution in [2.75, 3.05) is 0 Å². The molecule has 2 saturated heterocycles. The van der Waals surface area contributed by atoms with Crippen molar-refractivity contribution in [1.29, 1.82) is 0 Å². The van der Waals surface area contributed by atoms with E-state index >= 15 is 0 Å².